The van der Waals surface area contributed by atoms with Crippen molar-refractivity contribution in [3.63, 3.8) is 0 Å². The Morgan fingerprint density at radius 1 is 1.07 bits per heavy atom. The molecule has 2 aliphatic heterocycles. The van der Waals surface area contributed by atoms with Gasteiger partial charge in [0.2, 0.25) is 0 Å². The van der Waals surface area contributed by atoms with E-state index in [1.807, 2.05) is 74.5 Å². The molecule has 0 radical (unpaired) electrons. The van der Waals surface area contributed by atoms with Crippen LogP contribution >= 0.6 is 11.8 Å². The van der Waals surface area contributed by atoms with Crippen LogP contribution in [-0.4, -0.2) is 41.3 Å². The SMILES string of the molecule is CC1CN(C2=NC(=O)C(=Cc3cccc(Oc4ccccc4)c3)S2)CC(C)O1. The lowest BCUT2D eigenvalue weighted by Crippen LogP contribution is -2.47. The van der Waals surface area contributed by atoms with Crippen LogP contribution < -0.4 is 4.74 Å². The number of aliphatic imine (C=N–C) groups is 1. The number of thioether (sulfide) groups is 1. The van der Waals surface area contributed by atoms with E-state index in [2.05, 4.69) is 9.89 Å². The van der Waals surface area contributed by atoms with Crippen molar-refractivity contribution in [2.75, 3.05) is 13.1 Å². The van der Waals surface area contributed by atoms with E-state index in [0.29, 0.717) is 4.91 Å². The van der Waals surface area contributed by atoms with Gasteiger partial charge in [-0.15, -0.1) is 0 Å². The number of morpholine rings is 1. The average molecular weight is 394 g/mol. The van der Waals surface area contributed by atoms with Crippen LogP contribution in [0.1, 0.15) is 19.4 Å². The topological polar surface area (TPSA) is 51.1 Å². The minimum absolute atomic E-state index is 0.127. The summed E-state index contributed by atoms with van der Waals surface area (Å²) in [6, 6.07) is 17.3. The van der Waals surface area contributed by atoms with E-state index in [-0.39, 0.29) is 18.1 Å². The van der Waals surface area contributed by atoms with Crippen molar-refractivity contribution < 1.29 is 14.3 Å². The highest BCUT2D eigenvalue weighted by Gasteiger charge is 2.30. The maximum atomic E-state index is 12.4. The normalized spacial score (nSPS) is 23.8. The van der Waals surface area contributed by atoms with E-state index >= 15 is 0 Å². The lowest BCUT2D eigenvalue weighted by molar-refractivity contribution is -0.113. The van der Waals surface area contributed by atoms with Crippen LogP contribution in [0.15, 0.2) is 64.5 Å². The van der Waals surface area contributed by atoms with Gasteiger partial charge in [-0.1, -0.05) is 30.3 Å². The highest BCUT2D eigenvalue weighted by atomic mass is 32.2. The first-order valence-electron chi connectivity index (χ1n) is 9.33. The third kappa shape index (κ3) is 4.46. The summed E-state index contributed by atoms with van der Waals surface area (Å²) in [5, 5.41) is 0.759. The number of ether oxygens (including phenoxy) is 2. The number of hydrogen-bond acceptors (Lipinski definition) is 5. The van der Waals surface area contributed by atoms with E-state index in [1.165, 1.54) is 11.8 Å². The molecule has 2 aromatic rings. The van der Waals surface area contributed by atoms with Gasteiger partial charge in [0, 0.05) is 13.1 Å². The molecule has 0 bridgehead atoms. The first-order valence-corrected chi connectivity index (χ1v) is 10.1. The Balaban J connectivity index is 1.48. The Kier molecular flexibility index (Phi) is 5.50. The molecule has 144 valence electrons. The van der Waals surface area contributed by atoms with E-state index < -0.39 is 0 Å². The molecule has 0 N–H and O–H groups in total. The molecule has 2 aromatic carbocycles. The monoisotopic (exact) mass is 394 g/mol. The smallest absolute Gasteiger partial charge is 0.286 e. The molecular weight excluding hydrogens is 372 g/mol. The van der Waals surface area contributed by atoms with E-state index in [0.717, 1.165) is 35.3 Å². The van der Waals surface area contributed by atoms with Crippen LogP contribution in [0.2, 0.25) is 0 Å². The number of benzene rings is 2. The van der Waals surface area contributed by atoms with Gasteiger partial charge in [-0.3, -0.25) is 4.79 Å². The quantitative estimate of drug-likeness (QED) is 0.715. The molecule has 2 heterocycles. The second-order valence-corrected chi connectivity index (χ2v) is 7.97. The number of carbonyl (C=O) groups excluding carboxylic acids is 1. The number of amides is 1. The minimum atomic E-state index is -0.193. The highest BCUT2D eigenvalue weighted by molar-refractivity contribution is 8.18. The van der Waals surface area contributed by atoms with Crippen LogP contribution in [0.25, 0.3) is 6.08 Å². The van der Waals surface area contributed by atoms with Gasteiger partial charge in [0.1, 0.15) is 11.5 Å². The summed E-state index contributed by atoms with van der Waals surface area (Å²) < 4.78 is 11.6. The van der Waals surface area contributed by atoms with Gasteiger partial charge in [-0.05, 0) is 61.5 Å². The van der Waals surface area contributed by atoms with Gasteiger partial charge in [-0.2, -0.15) is 4.99 Å². The van der Waals surface area contributed by atoms with Crippen molar-refractivity contribution in [1.82, 2.24) is 4.90 Å². The summed E-state index contributed by atoms with van der Waals surface area (Å²) >= 11 is 1.43. The Labute approximate surface area is 169 Å². The van der Waals surface area contributed by atoms with Crippen molar-refractivity contribution >= 4 is 28.9 Å². The van der Waals surface area contributed by atoms with Gasteiger partial charge in [0.25, 0.3) is 5.91 Å². The molecule has 1 saturated heterocycles. The first kappa shape index (κ1) is 18.8. The Morgan fingerprint density at radius 3 is 2.54 bits per heavy atom. The molecule has 4 rings (SSSR count). The first-order chi connectivity index (χ1) is 13.6. The van der Waals surface area contributed by atoms with Crippen molar-refractivity contribution in [2.24, 2.45) is 4.99 Å². The molecule has 0 saturated carbocycles. The summed E-state index contributed by atoms with van der Waals surface area (Å²) in [4.78, 5) is 19.4. The molecule has 5 nitrogen and oxygen atoms in total. The highest BCUT2D eigenvalue weighted by Crippen LogP contribution is 2.32. The number of para-hydroxylation sites is 1. The van der Waals surface area contributed by atoms with Crippen molar-refractivity contribution in [3.05, 3.63) is 65.1 Å². The molecule has 0 aromatic heterocycles. The van der Waals surface area contributed by atoms with Crippen LogP contribution in [0, 0.1) is 0 Å². The standard InChI is InChI=1S/C22H22N2O3S/c1-15-13-24(14-16(2)26-15)22-23-21(25)20(28-22)12-17-7-6-10-19(11-17)27-18-8-4-3-5-9-18/h3-12,15-16H,13-14H2,1-2H3. The van der Waals surface area contributed by atoms with E-state index in [1.54, 1.807) is 0 Å². The van der Waals surface area contributed by atoms with Gasteiger partial charge in [0.05, 0.1) is 17.1 Å². The van der Waals surface area contributed by atoms with Gasteiger partial charge in [0.15, 0.2) is 5.17 Å². The molecule has 1 amide bonds. The number of hydrogen-bond donors (Lipinski definition) is 0. The number of amidine groups is 1. The van der Waals surface area contributed by atoms with Crippen molar-refractivity contribution in [3.8, 4) is 11.5 Å². The summed E-state index contributed by atoms with van der Waals surface area (Å²) in [7, 11) is 0. The lowest BCUT2D eigenvalue weighted by Gasteiger charge is -2.35. The summed E-state index contributed by atoms with van der Waals surface area (Å²) in [6.45, 7) is 5.58. The molecule has 2 unspecified atom stereocenters. The molecule has 2 atom stereocenters. The third-order valence-electron chi connectivity index (χ3n) is 4.43. The lowest BCUT2D eigenvalue weighted by atomic mass is 10.2. The van der Waals surface area contributed by atoms with Crippen molar-refractivity contribution in [2.45, 2.75) is 26.1 Å². The number of rotatable bonds is 3. The maximum absolute atomic E-state index is 12.4. The number of carbonyl (C=O) groups is 1. The fraction of sp³-hybridized carbons (Fsp3) is 0.273. The number of nitrogens with zero attached hydrogens (tertiary/aromatic N) is 2. The minimum Gasteiger partial charge on any atom is -0.457 e. The third-order valence-corrected chi connectivity index (χ3v) is 5.48. The van der Waals surface area contributed by atoms with Crippen molar-refractivity contribution in [1.29, 1.82) is 0 Å². The van der Waals surface area contributed by atoms with E-state index in [4.69, 9.17) is 9.47 Å². The average Bonchev–Trinajstić information content (AvgIpc) is 3.03. The zero-order valence-corrected chi connectivity index (χ0v) is 16.7. The second kappa shape index (κ2) is 8.20. The van der Waals surface area contributed by atoms with Crippen LogP contribution in [0.3, 0.4) is 0 Å². The van der Waals surface area contributed by atoms with Crippen LogP contribution in [0.5, 0.6) is 11.5 Å². The molecule has 28 heavy (non-hydrogen) atoms. The Morgan fingerprint density at radius 2 is 1.79 bits per heavy atom. The molecule has 0 aliphatic carbocycles. The maximum Gasteiger partial charge on any atom is 0.286 e. The summed E-state index contributed by atoms with van der Waals surface area (Å²) in [5.41, 5.74) is 0.907. The second-order valence-electron chi connectivity index (χ2n) is 6.96. The fourth-order valence-corrected chi connectivity index (χ4v) is 4.24. The Bertz CT molecular complexity index is 916. The summed E-state index contributed by atoms with van der Waals surface area (Å²) in [5.74, 6) is 1.31. The molecule has 2 aliphatic rings. The Hall–Kier alpha value is -2.57. The van der Waals surface area contributed by atoms with Gasteiger partial charge < -0.3 is 14.4 Å². The molecule has 1 fully saturated rings. The predicted molar refractivity (Wildman–Crippen MR) is 113 cm³/mol. The molecule has 0 spiro atoms. The molecular formula is C22H22N2O3S. The van der Waals surface area contributed by atoms with Gasteiger partial charge >= 0.3 is 0 Å². The zero-order chi connectivity index (χ0) is 19.5. The molecule has 6 heteroatoms. The van der Waals surface area contributed by atoms with Gasteiger partial charge in [-0.25, -0.2) is 0 Å². The zero-order valence-electron chi connectivity index (χ0n) is 15.9. The van der Waals surface area contributed by atoms with Crippen LogP contribution in [-0.2, 0) is 9.53 Å². The van der Waals surface area contributed by atoms with Crippen LogP contribution in [0.4, 0.5) is 0 Å². The largest absolute Gasteiger partial charge is 0.457 e. The predicted octanol–water partition coefficient (Wildman–Crippen LogP) is 4.56. The van der Waals surface area contributed by atoms with E-state index in [9.17, 15) is 4.79 Å². The summed E-state index contributed by atoms with van der Waals surface area (Å²) in [6.07, 6.45) is 2.12. The fourth-order valence-electron chi connectivity index (χ4n) is 3.31.